The van der Waals surface area contributed by atoms with Crippen LogP contribution in [0.4, 0.5) is 5.69 Å². The number of anilines is 1. The van der Waals surface area contributed by atoms with Crippen molar-refractivity contribution in [2.45, 2.75) is 55.8 Å². The standard InChI is InChI=1S/C27H33N3O4S/c1-21(31)28-18-13-27(14-19-28,23-8-4-2-5-9-23)26(32)30-17-12-22-20-24(10-11-25(22)30)35(33,34)29-15-6-3-7-16-29/h2,4-5,8-11,20H,3,6-7,12-19H2,1H3. The lowest BCUT2D eigenvalue weighted by molar-refractivity contribution is -0.134. The van der Waals surface area contributed by atoms with Crippen LogP contribution in [0.1, 0.15) is 50.2 Å². The van der Waals surface area contributed by atoms with E-state index in [9.17, 15) is 18.0 Å². The van der Waals surface area contributed by atoms with Crippen LogP contribution in [-0.2, 0) is 31.4 Å². The second kappa shape index (κ2) is 9.39. The number of carbonyl (C=O) groups is 2. The van der Waals surface area contributed by atoms with Gasteiger partial charge in [0, 0.05) is 45.3 Å². The molecule has 5 rings (SSSR count). The SMILES string of the molecule is CC(=O)N1CCC(C(=O)N2CCc3cc(S(=O)(=O)N4CCCCC4)ccc32)(c2ccccc2)CC1. The molecule has 7 nitrogen and oxygen atoms in total. The van der Waals surface area contributed by atoms with E-state index in [1.807, 2.05) is 40.1 Å². The van der Waals surface area contributed by atoms with E-state index in [1.54, 1.807) is 29.4 Å². The molecule has 2 saturated heterocycles. The molecule has 3 heterocycles. The average Bonchev–Trinajstić information content (AvgIpc) is 3.32. The lowest BCUT2D eigenvalue weighted by atomic mass is 9.71. The number of benzene rings is 2. The summed E-state index contributed by atoms with van der Waals surface area (Å²) in [6.07, 6.45) is 4.64. The van der Waals surface area contributed by atoms with Crippen molar-refractivity contribution >= 4 is 27.5 Å². The second-order valence-electron chi connectivity index (χ2n) is 9.92. The van der Waals surface area contributed by atoms with Gasteiger partial charge in [-0.25, -0.2) is 8.42 Å². The third-order valence-electron chi connectivity index (χ3n) is 7.94. The number of piperidine rings is 2. The zero-order chi connectivity index (χ0) is 24.6. The summed E-state index contributed by atoms with van der Waals surface area (Å²) in [5.41, 5.74) is 1.98. The Morgan fingerprint density at radius 1 is 0.857 bits per heavy atom. The maximum absolute atomic E-state index is 14.2. The predicted octanol–water partition coefficient (Wildman–Crippen LogP) is 3.33. The van der Waals surface area contributed by atoms with E-state index in [0.29, 0.717) is 56.9 Å². The van der Waals surface area contributed by atoms with Crippen LogP contribution >= 0.6 is 0 Å². The molecular formula is C27H33N3O4S. The summed E-state index contributed by atoms with van der Waals surface area (Å²) < 4.78 is 28.0. The zero-order valence-electron chi connectivity index (χ0n) is 20.3. The van der Waals surface area contributed by atoms with Crippen LogP contribution in [0.5, 0.6) is 0 Å². The first-order valence-electron chi connectivity index (χ1n) is 12.6. The molecule has 3 aliphatic rings. The molecule has 0 aromatic heterocycles. The molecule has 0 N–H and O–H groups in total. The van der Waals surface area contributed by atoms with E-state index in [1.165, 1.54) is 0 Å². The number of fused-ring (bicyclic) bond motifs is 1. The minimum atomic E-state index is -3.52. The summed E-state index contributed by atoms with van der Waals surface area (Å²) in [6.45, 7) is 4.34. The quantitative estimate of drug-likeness (QED) is 0.652. The summed E-state index contributed by atoms with van der Waals surface area (Å²) in [6, 6.07) is 15.1. The van der Waals surface area contributed by atoms with Crippen molar-refractivity contribution < 1.29 is 18.0 Å². The highest BCUT2D eigenvalue weighted by molar-refractivity contribution is 7.89. The van der Waals surface area contributed by atoms with Crippen LogP contribution in [0.2, 0.25) is 0 Å². The highest BCUT2D eigenvalue weighted by atomic mass is 32.2. The van der Waals surface area contributed by atoms with E-state index in [0.717, 1.165) is 36.1 Å². The van der Waals surface area contributed by atoms with Crippen molar-refractivity contribution in [1.82, 2.24) is 9.21 Å². The number of rotatable bonds is 4. The van der Waals surface area contributed by atoms with E-state index in [-0.39, 0.29) is 11.8 Å². The van der Waals surface area contributed by atoms with Crippen molar-refractivity contribution in [3.05, 3.63) is 59.7 Å². The molecule has 2 aromatic rings. The molecule has 0 saturated carbocycles. The molecule has 35 heavy (non-hydrogen) atoms. The van der Waals surface area contributed by atoms with Crippen LogP contribution in [0, 0.1) is 0 Å². The number of sulfonamides is 1. The molecule has 2 amide bonds. The molecule has 3 aliphatic heterocycles. The second-order valence-corrected chi connectivity index (χ2v) is 11.9. The van der Waals surface area contributed by atoms with Crippen LogP contribution in [0.25, 0.3) is 0 Å². The van der Waals surface area contributed by atoms with Gasteiger partial charge in [0.05, 0.1) is 10.3 Å². The first-order chi connectivity index (χ1) is 16.8. The third-order valence-corrected chi connectivity index (χ3v) is 9.84. The molecule has 0 spiro atoms. The Morgan fingerprint density at radius 2 is 1.54 bits per heavy atom. The highest BCUT2D eigenvalue weighted by Crippen LogP contribution is 2.41. The number of hydrogen-bond acceptors (Lipinski definition) is 4. The van der Waals surface area contributed by atoms with Gasteiger partial charge in [-0.3, -0.25) is 9.59 Å². The van der Waals surface area contributed by atoms with E-state index < -0.39 is 15.4 Å². The smallest absolute Gasteiger partial charge is 0.243 e. The van der Waals surface area contributed by atoms with Crippen LogP contribution in [-0.4, -0.2) is 62.2 Å². The minimum Gasteiger partial charge on any atom is -0.343 e. The number of nitrogens with zero attached hydrogens (tertiary/aromatic N) is 3. The maximum atomic E-state index is 14.2. The Kier molecular flexibility index (Phi) is 6.44. The normalized spacial score (nSPS) is 20.5. The molecule has 8 heteroatoms. The van der Waals surface area contributed by atoms with Gasteiger partial charge in [-0.15, -0.1) is 0 Å². The number of amides is 2. The molecule has 2 aromatic carbocycles. The molecule has 0 atom stereocenters. The number of likely N-dealkylation sites (tertiary alicyclic amines) is 1. The highest BCUT2D eigenvalue weighted by Gasteiger charge is 2.47. The maximum Gasteiger partial charge on any atom is 0.243 e. The van der Waals surface area contributed by atoms with Gasteiger partial charge in [0.15, 0.2) is 0 Å². The van der Waals surface area contributed by atoms with Crippen molar-refractivity contribution in [2.75, 3.05) is 37.6 Å². The lowest BCUT2D eigenvalue weighted by Crippen LogP contribution is -2.53. The molecule has 186 valence electrons. The zero-order valence-corrected chi connectivity index (χ0v) is 21.1. The first-order valence-corrected chi connectivity index (χ1v) is 14.0. The predicted molar refractivity (Wildman–Crippen MR) is 135 cm³/mol. The molecule has 0 unspecified atom stereocenters. The fourth-order valence-corrected chi connectivity index (χ4v) is 7.42. The van der Waals surface area contributed by atoms with Gasteiger partial charge in [-0.2, -0.15) is 4.31 Å². The Balaban J connectivity index is 1.45. The minimum absolute atomic E-state index is 0.0353. The van der Waals surface area contributed by atoms with Crippen molar-refractivity contribution in [3.63, 3.8) is 0 Å². The van der Waals surface area contributed by atoms with Crippen molar-refractivity contribution in [3.8, 4) is 0 Å². The van der Waals surface area contributed by atoms with E-state index in [2.05, 4.69) is 0 Å². The largest absolute Gasteiger partial charge is 0.343 e. The summed E-state index contributed by atoms with van der Waals surface area (Å²) in [5.74, 6) is 0.0744. The summed E-state index contributed by atoms with van der Waals surface area (Å²) >= 11 is 0. The molecule has 0 aliphatic carbocycles. The van der Waals surface area contributed by atoms with Crippen LogP contribution in [0.15, 0.2) is 53.4 Å². The van der Waals surface area contributed by atoms with Gasteiger partial charge < -0.3 is 9.80 Å². The molecular weight excluding hydrogens is 462 g/mol. The lowest BCUT2D eigenvalue weighted by Gasteiger charge is -2.42. The molecule has 0 bridgehead atoms. The fourth-order valence-electron chi connectivity index (χ4n) is 5.85. The van der Waals surface area contributed by atoms with Crippen molar-refractivity contribution in [1.29, 1.82) is 0 Å². The molecule has 0 radical (unpaired) electrons. The monoisotopic (exact) mass is 495 g/mol. The fraction of sp³-hybridized carbons (Fsp3) is 0.481. The third kappa shape index (κ3) is 4.27. The Hall–Kier alpha value is -2.71. The van der Waals surface area contributed by atoms with Gasteiger partial charge in [0.25, 0.3) is 0 Å². The number of carbonyl (C=O) groups excluding carboxylic acids is 2. The van der Waals surface area contributed by atoms with Gasteiger partial charge >= 0.3 is 0 Å². The Morgan fingerprint density at radius 3 is 2.20 bits per heavy atom. The number of hydrogen-bond donors (Lipinski definition) is 0. The Labute approximate surface area is 207 Å². The van der Waals surface area contributed by atoms with Gasteiger partial charge in [0.2, 0.25) is 21.8 Å². The topological polar surface area (TPSA) is 78.0 Å². The molecule has 2 fully saturated rings. The van der Waals surface area contributed by atoms with Crippen molar-refractivity contribution in [2.24, 2.45) is 0 Å². The summed E-state index contributed by atoms with van der Waals surface area (Å²) in [4.78, 5) is 30.1. The Bertz CT molecular complexity index is 1210. The van der Waals surface area contributed by atoms with Gasteiger partial charge in [-0.05, 0) is 61.4 Å². The van der Waals surface area contributed by atoms with Crippen LogP contribution < -0.4 is 4.90 Å². The summed E-state index contributed by atoms with van der Waals surface area (Å²) in [5, 5.41) is 0. The van der Waals surface area contributed by atoms with Gasteiger partial charge in [0.1, 0.15) is 0 Å². The van der Waals surface area contributed by atoms with E-state index in [4.69, 9.17) is 0 Å². The van der Waals surface area contributed by atoms with E-state index >= 15 is 0 Å². The first kappa shape index (κ1) is 24.0. The van der Waals surface area contributed by atoms with Gasteiger partial charge in [-0.1, -0.05) is 36.8 Å². The summed E-state index contributed by atoms with van der Waals surface area (Å²) in [7, 11) is -3.52. The average molecular weight is 496 g/mol. The van der Waals surface area contributed by atoms with Crippen LogP contribution in [0.3, 0.4) is 0 Å².